The van der Waals surface area contributed by atoms with Gasteiger partial charge in [0, 0.05) is 11.6 Å². The summed E-state index contributed by atoms with van der Waals surface area (Å²) in [5.74, 6) is 1.40. The number of ether oxygens (including phenoxy) is 1. The van der Waals surface area contributed by atoms with Gasteiger partial charge in [-0.1, -0.05) is 25.1 Å². The van der Waals surface area contributed by atoms with Crippen molar-refractivity contribution in [3.05, 3.63) is 40.8 Å². The van der Waals surface area contributed by atoms with Gasteiger partial charge in [-0.05, 0) is 44.4 Å². The number of carbonyl (C=O) groups is 1. The second-order valence-corrected chi connectivity index (χ2v) is 6.48. The number of hydrogen-bond donors (Lipinski definition) is 1. The van der Waals surface area contributed by atoms with Crippen LogP contribution in [0, 0.1) is 13.8 Å². The van der Waals surface area contributed by atoms with E-state index in [-0.39, 0.29) is 11.9 Å². The van der Waals surface area contributed by atoms with Gasteiger partial charge in [-0.25, -0.2) is 0 Å². The van der Waals surface area contributed by atoms with Gasteiger partial charge in [0.15, 0.2) is 6.10 Å². The zero-order valence-corrected chi connectivity index (χ0v) is 15.2. The van der Waals surface area contributed by atoms with Gasteiger partial charge in [-0.2, -0.15) is 0 Å². The molecule has 2 heterocycles. The van der Waals surface area contributed by atoms with Crippen LogP contribution < -0.4 is 15.4 Å². The molecule has 2 atom stereocenters. The smallest absolute Gasteiger partial charge is 0.268 e. The Morgan fingerprint density at radius 1 is 1.32 bits per heavy atom. The number of hydrogen-bond acceptors (Lipinski definition) is 5. The molecule has 2 aromatic rings. The molecule has 1 aromatic heterocycles. The van der Waals surface area contributed by atoms with E-state index in [0.717, 1.165) is 34.7 Å². The summed E-state index contributed by atoms with van der Waals surface area (Å²) in [6.45, 7) is 8.15. The minimum absolute atomic E-state index is 0.0442. The Morgan fingerprint density at radius 3 is 2.68 bits per heavy atom. The average molecular weight is 343 g/mol. The van der Waals surface area contributed by atoms with E-state index in [1.165, 1.54) is 0 Å². The minimum atomic E-state index is -0.473. The number of anilines is 1. The highest BCUT2D eigenvalue weighted by Crippen LogP contribution is 2.38. The lowest BCUT2D eigenvalue weighted by atomic mass is 10.0. The number of amides is 1. The van der Waals surface area contributed by atoms with Crippen molar-refractivity contribution in [2.75, 3.05) is 4.90 Å². The Bertz CT molecular complexity index is 765. The lowest BCUT2D eigenvalue weighted by Gasteiger charge is -2.34. The number of nitrogens with two attached hydrogens (primary N) is 1. The van der Waals surface area contributed by atoms with Gasteiger partial charge in [0.25, 0.3) is 5.91 Å². The van der Waals surface area contributed by atoms with E-state index in [1.807, 2.05) is 45.9 Å². The summed E-state index contributed by atoms with van der Waals surface area (Å²) >= 11 is 0. The molecule has 25 heavy (non-hydrogen) atoms. The van der Waals surface area contributed by atoms with Gasteiger partial charge in [0.2, 0.25) is 0 Å². The number of aryl methyl sites for hydroxylation is 2. The second kappa shape index (κ2) is 6.88. The Kier molecular flexibility index (Phi) is 4.81. The van der Waals surface area contributed by atoms with Crippen LogP contribution in [0.3, 0.4) is 0 Å². The summed E-state index contributed by atoms with van der Waals surface area (Å²) in [7, 11) is 0. The molecule has 6 heteroatoms. The van der Waals surface area contributed by atoms with Crippen molar-refractivity contribution >= 4 is 11.6 Å². The topological polar surface area (TPSA) is 81.6 Å². The molecular weight excluding hydrogens is 318 g/mol. The normalized spacial score (nSPS) is 18.0. The maximum Gasteiger partial charge on any atom is 0.268 e. The molecule has 1 aromatic carbocycles. The van der Waals surface area contributed by atoms with Crippen molar-refractivity contribution in [2.45, 2.75) is 59.2 Å². The van der Waals surface area contributed by atoms with Crippen LogP contribution in [0.4, 0.5) is 5.69 Å². The van der Waals surface area contributed by atoms with Crippen molar-refractivity contribution in [1.29, 1.82) is 0 Å². The van der Waals surface area contributed by atoms with Crippen molar-refractivity contribution in [3.8, 4) is 5.75 Å². The van der Waals surface area contributed by atoms with Crippen LogP contribution >= 0.6 is 0 Å². The molecule has 0 radical (unpaired) electrons. The largest absolute Gasteiger partial charge is 0.478 e. The van der Waals surface area contributed by atoms with Crippen LogP contribution in [-0.4, -0.2) is 17.2 Å². The number of rotatable bonds is 5. The molecule has 1 aliphatic rings. The molecule has 2 N–H and O–H groups in total. The molecule has 0 aliphatic carbocycles. The first-order valence-corrected chi connectivity index (χ1v) is 8.75. The fourth-order valence-electron chi connectivity index (χ4n) is 3.11. The molecule has 3 rings (SSSR count). The van der Waals surface area contributed by atoms with Gasteiger partial charge in [-0.3, -0.25) is 4.79 Å². The number of carbonyl (C=O) groups excluding carboxylic acids is 1. The highest BCUT2D eigenvalue weighted by Gasteiger charge is 2.34. The second-order valence-electron chi connectivity index (χ2n) is 6.48. The summed E-state index contributed by atoms with van der Waals surface area (Å²) in [6.07, 6.45) is 0.973. The SMILES string of the molecule is CCC1Oc2ccc(C(N)CC)cc2N(Cc2c(C)noc2C)C1=O. The van der Waals surface area contributed by atoms with Gasteiger partial charge in [0.05, 0.1) is 17.9 Å². The molecule has 0 bridgehead atoms. The lowest BCUT2D eigenvalue weighted by Crippen LogP contribution is -2.45. The monoisotopic (exact) mass is 343 g/mol. The Balaban J connectivity index is 2.05. The number of benzene rings is 1. The molecule has 0 fully saturated rings. The molecule has 1 amide bonds. The molecule has 0 saturated heterocycles. The van der Waals surface area contributed by atoms with Crippen molar-refractivity contribution in [3.63, 3.8) is 0 Å². The van der Waals surface area contributed by atoms with Crippen LogP contribution in [0.5, 0.6) is 5.75 Å². The van der Waals surface area contributed by atoms with Crippen molar-refractivity contribution in [2.24, 2.45) is 5.73 Å². The zero-order valence-electron chi connectivity index (χ0n) is 15.2. The third-order valence-electron chi connectivity index (χ3n) is 4.82. The Hall–Kier alpha value is -2.34. The molecule has 0 spiro atoms. The van der Waals surface area contributed by atoms with Gasteiger partial charge in [-0.15, -0.1) is 0 Å². The first-order chi connectivity index (χ1) is 12.0. The molecule has 134 valence electrons. The molecular formula is C19H25N3O3. The van der Waals surface area contributed by atoms with E-state index in [9.17, 15) is 4.79 Å². The Morgan fingerprint density at radius 2 is 2.08 bits per heavy atom. The predicted molar refractivity (Wildman–Crippen MR) is 95.5 cm³/mol. The van der Waals surface area contributed by atoms with E-state index >= 15 is 0 Å². The minimum Gasteiger partial charge on any atom is -0.478 e. The van der Waals surface area contributed by atoms with E-state index in [4.69, 9.17) is 15.0 Å². The van der Waals surface area contributed by atoms with E-state index in [0.29, 0.717) is 18.7 Å². The Labute approximate surface area is 147 Å². The van der Waals surface area contributed by atoms with Crippen LogP contribution in [0.25, 0.3) is 0 Å². The summed E-state index contributed by atoms with van der Waals surface area (Å²) in [6, 6.07) is 5.79. The highest BCUT2D eigenvalue weighted by atomic mass is 16.5. The highest BCUT2D eigenvalue weighted by molar-refractivity contribution is 6.00. The quantitative estimate of drug-likeness (QED) is 0.900. The number of nitrogens with zero attached hydrogens (tertiary/aromatic N) is 2. The summed E-state index contributed by atoms with van der Waals surface area (Å²) in [5, 5.41) is 4.00. The first-order valence-electron chi connectivity index (χ1n) is 8.75. The average Bonchev–Trinajstić information content (AvgIpc) is 2.94. The standard InChI is InChI=1S/C19H25N3O3/c1-5-15(20)13-7-8-18-16(9-13)22(19(23)17(6-2)24-18)10-14-11(3)21-25-12(14)4/h7-9,15,17H,5-6,10,20H2,1-4H3. The van der Waals surface area contributed by atoms with Gasteiger partial charge < -0.3 is 19.9 Å². The summed E-state index contributed by atoms with van der Waals surface area (Å²) in [4.78, 5) is 14.7. The predicted octanol–water partition coefficient (Wildman–Crippen LogP) is 3.41. The van der Waals surface area contributed by atoms with Crippen LogP contribution in [0.1, 0.15) is 55.3 Å². The van der Waals surface area contributed by atoms with E-state index in [2.05, 4.69) is 5.16 Å². The van der Waals surface area contributed by atoms with Crippen LogP contribution in [0.15, 0.2) is 22.7 Å². The lowest BCUT2D eigenvalue weighted by molar-refractivity contribution is -0.126. The maximum atomic E-state index is 12.9. The van der Waals surface area contributed by atoms with E-state index < -0.39 is 6.10 Å². The zero-order chi connectivity index (χ0) is 18.1. The molecule has 1 aliphatic heterocycles. The molecule has 6 nitrogen and oxygen atoms in total. The van der Waals surface area contributed by atoms with Crippen molar-refractivity contribution < 1.29 is 14.1 Å². The fourth-order valence-corrected chi connectivity index (χ4v) is 3.11. The van der Waals surface area contributed by atoms with Gasteiger partial charge in [0.1, 0.15) is 11.5 Å². The van der Waals surface area contributed by atoms with Crippen LogP contribution in [-0.2, 0) is 11.3 Å². The maximum absolute atomic E-state index is 12.9. The third kappa shape index (κ3) is 3.14. The number of fused-ring (bicyclic) bond motifs is 1. The first kappa shape index (κ1) is 17.5. The van der Waals surface area contributed by atoms with Crippen LogP contribution in [0.2, 0.25) is 0 Å². The van der Waals surface area contributed by atoms with Crippen molar-refractivity contribution in [1.82, 2.24) is 5.16 Å². The van der Waals surface area contributed by atoms with Gasteiger partial charge >= 0.3 is 0 Å². The summed E-state index contributed by atoms with van der Waals surface area (Å²) < 4.78 is 11.2. The summed E-state index contributed by atoms with van der Waals surface area (Å²) in [5.41, 5.74) is 9.66. The molecule has 2 unspecified atom stereocenters. The third-order valence-corrected chi connectivity index (χ3v) is 4.82. The van der Waals surface area contributed by atoms with E-state index in [1.54, 1.807) is 4.90 Å². The number of aromatic nitrogens is 1. The molecule has 0 saturated carbocycles. The fraction of sp³-hybridized carbons (Fsp3) is 0.474.